The van der Waals surface area contributed by atoms with Gasteiger partial charge in [-0.1, -0.05) is 23.7 Å². The van der Waals surface area contributed by atoms with Crippen molar-refractivity contribution in [3.05, 3.63) is 61.9 Å². The molecule has 11 heteroatoms. The number of hydrogen-bond donors (Lipinski definition) is 0. The fourth-order valence-corrected chi connectivity index (χ4v) is 4.51. The Labute approximate surface area is 213 Å². The number of rotatable bonds is 7. The summed E-state index contributed by atoms with van der Waals surface area (Å²) < 4.78 is 16.2. The molecule has 1 aliphatic rings. The minimum Gasteiger partial charge on any atom is -0.493 e. The van der Waals surface area contributed by atoms with Crippen LogP contribution in [0.25, 0.3) is 6.08 Å². The Kier molecular flexibility index (Phi) is 8.40. The average Bonchev–Trinajstić information content (AvgIpc) is 3.02. The topological polar surface area (TPSA) is 99.2 Å². The number of carbonyl (C=O) groups excluding carboxylic acids is 4. The summed E-state index contributed by atoms with van der Waals surface area (Å²) >= 11 is 10.1. The Hall–Kier alpha value is -2.82. The van der Waals surface area contributed by atoms with Gasteiger partial charge in [0, 0.05) is 0 Å². The second-order valence-electron chi connectivity index (χ2n) is 7.21. The van der Waals surface area contributed by atoms with Gasteiger partial charge in [0.1, 0.15) is 6.54 Å². The molecule has 3 rings (SSSR count). The van der Waals surface area contributed by atoms with Crippen LogP contribution in [0.3, 0.4) is 0 Å². The Morgan fingerprint density at radius 2 is 1.91 bits per heavy atom. The highest BCUT2D eigenvalue weighted by atomic mass is 79.9. The van der Waals surface area contributed by atoms with Gasteiger partial charge in [0.15, 0.2) is 11.5 Å². The molecule has 0 bridgehead atoms. The molecule has 8 nitrogen and oxygen atoms in total. The lowest BCUT2D eigenvalue weighted by molar-refractivity contribution is -0.149. The molecule has 0 atom stereocenters. The summed E-state index contributed by atoms with van der Waals surface area (Å²) in [5.74, 6) is -1.63. The average molecular weight is 569 g/mol. The van der Waals surface area contributed by atoms with Crippen molar-refractivity contribution < 1.29 is 33.4 Å². The Balaban J connectivity index is 1.83. The van der Waals surface area contributed by atoms with E-state index in [4.69, 9.17) is 25.8 Å². The van der Waals surface area contributed by atoms with Gasteiger partial charge in [0.05, 0.1) is 33.2 Å². The molecule has 0 aromatic heterocycles. The number of carbonyl (C=O) groups is 4. The molecule has 0 N–H and O–H groups in total. The first-order valence-electron chi connectivity index (χ1n) is 9.89. The minimum absolute atomic E-state index is 0.120. The van der Waals surface area contributed by atoms with Crippen molar-refractivity contribution in [1.82, 2.24) is 4.90 Å². The van der Waals surface area contributed by atoms with Crippen molar-refractivity contribution in [1.29, 1.82) is 0 Å². The van der Waals surface area contributed by atoms with Crippen LogP contribution in [0.2, 0.25) is 5.02 Å². The van der Waals surface area contributed by atoms with Crippen LogP contribution in [-0.2, 0) is 14.3 Å². The molecule has 1 heterocycles. The first-order chi connectivity index (χ1) is 16.1. The summed E-state index contributed by atoms with van der Waals surface area (Å²) in [5, 5.41) is -0.333. The summed E-state index contributed by atoms with van der Waals surface area (Å²) in [5.41, 5.74) is 0.684. The molecule has 34 heavy (non-hydrogen) atoms. The summed E-state index contributed by atoms with van der Waals surface area (Å²) in [7, 11) is 1.40. The summed E-state index contributed by atoms with van der Waals surface area (Å²) in [6.07, 6.45) is 1.12. The van der Waals surface area contributed by atoms with Gasteiger partial charge in [-0.15, -0.1) is 0 Å². The van der Waals surface area contributed by atoms with Crippen LogP contribution in [-0.4, -0.2) is 47.7 Å². The third-order valence-corrected chi connectivity index (χ3v) is 6.19. The van der Waals surface area contributed by atoms with E-state index in [0.717, 1.165) is 4.90 Å². The number of thioether (sulfide) groups is 1. The van der Waals surface area contributed by atoms with Crippen LogP contribution in [0.4, 0.5) is 4.79 Å². The zero-order valence-electron chi connectivity index (χ0n) is 18.3. The number of methoxy groups -OCH3 is 1. The predicted octanol–water partition coefficient (Wildman–Crippen LogP) is 5.32. The number of ether oxygens (including phenoxy) is 3. The highest BCUT2D eigenvalue weighted by molar-refractivity contribution is 9.10. The number of hydrogen-bond acceptors (Lipinski definition) is 8. The predicted molar refractivity (Wildman–Crippen MR) is 131 cm³/mol. The van der Waals surface area contributed by atoms with Gasteiger partial charge in [-0.25, -0.2) is 4.79 Å². The van der Waals surface area contributed by atoms with Crippen molar-refractivity contribution in [2.24, 2.45) is 0 Å². The molecule has 0 radical (unpaired) electrons. The van der Waals surface area contributed by atoms with Gasteiger partial charge in [-0.3, -0.25) is 19.3 Å². The maximum atomic E-state index is 12.7. The van der Waals surface area contributed by atoms with Gasteiger partial charge in [-0.05, 0) is 77.4 Å². The molecular formula is C23H19BrClNO7S. The quantitative estimate of drug-likeness (QED) is 0.251. The van der Waals surface area contributed by atoms with Gasteiger partial charge >= 0.3 is 11.9 Å². The van der Waals surface area contributed by atoms with E-state index in [0.29, 0.717) is 21.8 Å². The Morgan fingerprint density at radius 3 is 2.56 bits per heavy atom. The molecule has 0 aliphatic carbocycles. The van der Waals surface area contributed by atoms with E-state index in [9.17, 15) is 19.2 Å². The number of esters is 2. The van der Waals surface area contributed by atoms with E-state index in [1.165, 1.54) is 19.3 Å². The van der Waals surface area contributed by atoms with E-state index >= 15 is 0 Å². The Morgan fingerprint density at radius 1 is 1.21 bits per heavy atom. The lowest BCUT2D eigenvalue weighted by Crippen LogP contribution is -2.35. The molecule has 1 saturated heterocycles. The van der Waals surface area contributed by atoms with Crippen molar-refractivity contribution >= 4 is 68.5 Å². The monoisotopic (exact) mass is 567 g/mol. The highest BCUT2D eigenvalue weighted by Crippen LogP contribution is 2.39. The molecule has 0 unspecified atom stereocenters. The van der Waals surface area contributed by atoms with Crippen molar-refractivity contribution in [3.63, 3.8) is 0 Å². The zero-order valence-corrected chi connectivity index (χ0v) is 21.5. The third-order valence-electron chi connectivity index (χ3n) is 4.37. The van der Waals surface area contributed by atoms with Crippen LogP contribution < -0.4 is 9.47 Å². The van der Waals surface area contributed by atoms with Crippen molar-refractivity contribution in [3.8, 4) is 11.5 Å². The molecule has 2 amide bonds. The zero-order chi connectivity index (χ0) is 25.0. The number of imide groups is 1. The number of nitrogens with zero attached hydrogens (tertiary/aromatic N) is 1. The number of halogens is 2. The summed E-state index contributed by atoms with van der Waals surface area (Å²) in [6, 6.07) is 9.60. The van der Waals surface area contributed by atoms with E-state index in [-0.39, 0.29) is 33.1 Å². The standard InChI is InChI=1S/C23H19BrClNO7S/c1-12(2)32-19(27)11-26-21(28)18(34-23(26)30)10-13-8-15(24)20(17(9-13)31-3)33-22(29)14-6-4-5-7-16(14)25/h4-10,12H,11H2,1-3H3/b18-10-. The normalized spacial score (nSPS) is 14.6. The van der Waals surface area contributed by atoms with E-state index < -0.39 is 29.6 Å². The smallest absolute Gasteiger partial charge is 0.345 e. The first kappa shape index (κ1) is 25.8. The number of amides is 2. The maximum absolute atomic E-state index is 12.7. The molecule has 0 spiro atoms. The second kappa shape index (κ2) is 11.1. The SMILES string of the molecule is COc1cc(/C=C2\SC(=O)N(CC(=O)OC(C)C)C2=O)cc(Br)c1OC(=O)c1ccccc1Cl. The molecule has 1 aliphatic heterocycles. The van der Waals surface area contributed by atoms with Crippen LogP contribution in [0.1, 0.15) is 29.8 Å². The molecule has 0 saturated carbocycles. The lowest BCUT2D eigenvalue weighted by Gasteiger charge is -2.13. The molecule has 2 aromatic carbocycles. The fraction of sp³-hybridized carbons (Fsp3) is 0.217. The molecule has 1 fully saturated rings. The molecule has 178 valence electrons. The molecular weight excluding hydrogens is 550 g/mol. The van der Waals surface area contributed by atoms with Gasteiger partial charge in [0.2, 0.25) is 0 Å². The van der Waals surface area contributed by atoms with Gasteiger partial charge in [-0.2, -0.15) is 0 Å². The minimum atomic E-state index is -0.674. The van der Waals surface area contributed by atoms with E-state index in [1.807, 2.05) is 0 Å². The fourth-order valence-electron chi connectivity index (χ4n) is 2.91. The second-order valence-corrected chi connectivity index (χ2v) is 9.46. The lowest BCUT2D eigenvalue weighted by atomic mass is 10.1. The number of benzene rings is 2. The summed E-state index contributed by atoms with van der Waals surface area (Å²) in [6.45, 7) is 2.88. The highest BCUT2D eigenvalue weighted by Gasteiger charge is 2.37. The third kappa shape index (κ3) is 5.99. The maximum Gasteiger partial charge on any atom is 0.345 e. The van der Waals surface area contributed by atoms with Gasteiger partial charge in [0.25, 0.3) is 11.1 Å². The van der Waals surface area contributed by atoms with Crippen LogP contribution in [0.15, 0.2) is 45.8 Å². The van der Waals surface area contributed by atoms with Crippen molar-refractivity contribution in [2.45, 2.75) is 20.0 Å². The largest absolute Gasteiger partial charge is 0.493 e. The first-order valence-corrected chi connectivity index (χ1v) is 11.9. The van der Waals surface area contributed by atoms with E-state index in [1.54, 1.807) is 44.2 Å². The Bertz CT molecular complexity index is 1200. The van der Waals surface area contributed by atoms with Crippen molar-refractivity contribution in [2.75, 3.05) is 13.7 Å². The van der Waals surface area contributed by atoms with Crippen LogP contribution in [0.5, 0.6) is 11.5 Å². The van der Waals surface area contributed by atoms with Gasteiger partial charge < -0.3 is 14.2 Å². The van der Waals surface area contributed by atoms with E-state index in [2.05, 4.69) is 15.9 Å². The van der Waals surface area contributed by atoms with Crippen LogP contribution >= 0.6 is 39.3 Å². The van der Waals surface area contributed by atoms with Crippen LogP contribution in [0, 0.1) is 0 Å². The summed E-state index contributed by atoms with van der Waals surface area (Å²) in [4.78, 5) is 50.3. The molecule has 2 aromatic rings.